The standard InChI is InChI=1S/C11H14ClNO2/c1-2-15-11(14)10(13)7-8-5-3-4-6-9(8)12/h3-6,10H,2,7,13H2,1H3. The van der Waals surface area contributed by atoms with Gasteiger partial charge in [0.2, 0.25) is 0 Å². The van der Waals surface area contributed by atoms with Crippen molar-refractivity contribution >= 4 is 17.6 Å². The van der Waals surface area contributed by atoms with Crippen LogP contribution in [0.5, 0.6) is 0 Å². The Morgan fingerprint density at radius 1 is 1.53 bits per heavy atom. The van der Waals surface area contributed by atoms with Gasteiger partial charge in [0, 0.05) is 5.02 Å². The van der Waals surface area contributed by atoms with E-state index in [1.54, 1.807) is 13.0 Å². The van der Waals surface area contributed by atoms with Crippen LogP contribution in [-0.2, 0) is 16.0 Å². The Bertz CT molecular complexity index is 341. The van der Waals surface area contributed by atoms with Crippen molar-refractivity contribution in [3.63, 3.8) is 0 Å². The second kappa shape index (κ2) is 5.73. The van der Waals surface area contributed by atoms with Crippen molar-refractivity contribution in [1.29, 1.82) is 0 Å². The molecule has 2 N–H and O–H groups in total. The number of hydrogen-bond donors (Lipinski definition) is 1. The normalized spacial score (nSPS) is 12.2. The van der Waals surface area contributed by atoms with Crippen LogP contribution >= 0.6 is 11.6 Å². The number of carbonyl (C=O) groups is 1. The smallest absolute Gasteiger partial charge is 0.323 e. The molecule has 82 valence electrons. The number of halogens is 1. The third-order valence-corrected chi connectivity index (χ3v) is 2.36. The van der Waals surface area contributed by atoms with Gasteiger partial charge in [-0.3, -0.25) is 4.79 Å². The average molecular weight is 228 g/mol. The lowest BCUT2D eigenvalue weighted by atomic mass is 10.1. The van der Waals surface area contributed by atoms with E-state index in [1.807, 2.05) is 18.2 Å². The SMILES string of the molecule is CCOC(=O)C(N)Cc1ccccc1Cl. The first-order valence-electron chi connectivity index (χ1n) is 4.80. The van der Waals surface area contributed by atoms with E-state index in [2.05, 4.69) is 0 Å². The van der Waals surface area contributed by atoms with Crippen LogP contribution in [0, 0.1) is 0 Å². The molecule has 0 spiro atoms. The zero-order valence-corrected chi connectivity index (χ0v) is 9.33. The van der Waals surface area contributed by atoms with E-state index in [-0.39, 0.29) is 0 Å². The third kappa shape index (κ3) is 3.53. The number of rotatable bonds is 4. The van der Waals surface area contributed by atoms with Crippen molar-refractivity contribution in [2.75, 3.05) is 6.61 Å². The second-order valence-corrected chi connectivity index (χ2v) is 3.56. The monoisotopic (exact) mass is 227 g/mol. The molecule has 0 bridgehead atoms. The van der Waals surface area contributed by atoms with Gasteiger partial charge in [-0.05, 0) is 25.0 Å². The zero-order chi connectivity index (χ0) is 11.3. The molecule has 0 aliphatic carbocycles. The second-order valence-electron chi connectivity index (χ2n) is 3.15. The Morgan fingerprint density at radius 2 is 2.20 bits per heavy atom. The van der Waals surface area contributed by atoms with Gasteiger partial charge < -0.3 is 10.5 Å². The molecule has 1 aromatic carbocycles. The Morgan fingerprint density at radius 3 is 2.80 bits per heavy atom. The minimum absolute atomic E-state index is 0.342. The van der Waals surface area contributed by atoms with Crippen LogP contribution in [0.4, 0.5) is 0 Å². The van der Waals surface area contributed by atoms with Gasteiger partial charge in [-0.1, -0.05) is 29.8 Å². The quantitative estimate of drug-likeness (QED) is 0.798. The fourth-order valence-electron chi connectivity index (χ4n) is 1.23. The molecule has 1 rings (SSSR count). The van der Waals surface area contributed by atoms with Crippen LogP contribution in [-0.4, -0.2) is 18.6 Å². The predicted octanol–water partition coefficient (Wildman–Crippen LogP) is 1.77. The highest BCUT2D eigenvalue weighted by Gasteiger charge is 2.15. The molecule has 4 heteroatoms. The number of nitrogens with two attached hydrogens (primary N) is 1. The van der Waals surface area contributed by atoms with Gasteiger partial charge in [-0.15, -0.1) is 0 Å². The molecule has 0 fully saturated rings. The fourth-order valence-corrected chi connectivity index (χ4v) is 1.45. The van der Waals surface area contributed by atoms with Crippen LogP contribution in [0.1, 0.15) is 12.5 Å². The molecule has 0 saturated heterocycles. The first kappa shape index (κ1) is 12.0. The average Bonchev–Trinajstić information content (AvgIpc) is 2.21. The fraction of sp³-hybridized carbons (Fsp3) is 0.364. The lowest BCUT2D eigenvalue weighted by Gasteiger charge is -2.11. The first-order valence-corrected chi connectivity index (χ1v) is 5.18. The highest BCUT2D eigenvalue weighted by Crippen LogP contribution is 2.16. The highest BCUT2D eigenvalue weighted by atomic mass is 35.5. The van der Waals surface area contributed by atoms with Crippen LogP contribution in [0.15, 0.2) is 24.3 Å². The maximum absolute atomic E-state index is 11.3. The summed E-state index contributed by atoms with van der Waals surface area (Å²) >= 11 is 5.94. The number of carbonyl (C=O) groups excluding carboxylic acids is 1. The molecular weight excluding hydrogens is 214 g/mol. The van der Waals surface area contributed by atoms with Gasteiger partial charge in [0.25, 0.3) is 0 Å². The van der Waals surface area contributed by atoms with Crippen LogP contribution in [0.3, 0.4) is 0 Å². The molecule has 0 aromatic heterocycles. The topological polar surface area (TPSA) is 52.3 Å². The van der Waals surface area contributed by atoms with Crippen LogP contribution in [0.2, 0.25) is 5.02 Å². The third-order valence-electron chi connectivity index (χ3n) is 1.99. The van der Waals surface area contributed by atoms with Gasteiger partial charge in [0.1, 0.15) is 6.04 Å². The molecule has 0 heterocycles. The molecule has 0 aliphatic heterocycles. The van der Waals surface area contributed by atoms with E-state index >= 15 is 0 Å². The Labute approximate surface area is 94.2 Å². The van der Waals surface area contributed by atoms with Crippen molar-refractivity contribution in [3.05, 3.63) is 34.9 Å². The van der Waals surface area contributed by atoms with Crippen molar-refractivity contribution in [2.45, 2.75) is 19.4 Å². The highest BCUT2D eigenvalue weighted by molar-refractivity contribution is 6.31. The summed E-state index contributed by atoms with van der Waals surface area (Å²) in [5, 5.41) is 0.622. The maximum Gasteiger partial charge on any atom is 0.323 e. The Balaban J connectivity index is 2.62. The number of ether oxygens (including phenoxy) is 1. The lowest BCUT2D eigenvalue weighted by Crippen LogP contribution is -2.34. The number of benzene rings is 1. The largest absolute Gasteiger partial charge is 0.465 e. The Hall–Kier alpha value is -1.06. The minimum atomic E-state index is -0.648. The molecule has 0 saturated carbocycles. The van der Waals surface area contributed by atoms with Gasteiger partial charge in [0.05, 0.1) is 6.61 Å². The van der Waals surface area contributed by atoms with E-state index in [1.165, 1.54) is 0 Å². The molecule has 0 amide bonds. The summed E-state index contributed by atoms with van der Waals surface area (Å²) in [4.78, 5) is 11.3. The number of hydrogen-bond acceptors (Lipinski definition) is 3. The van der Waals surface area contributed by atoms with Crippen LogP contribution < -0.4 is 5.73 Å². The van der Waals surface area contributed by atoms with Gasteiger partial charge >= 0.3 is 5.97 Å². The summed E-state index contributed by atoms with van der Waals surface area (Å²) in [5.74, 6) is -0.391. The number of esters is 1. The van der Waals surface area contributed by atoms with Gasteiger partial charge in [-0.25, -0.2) is 0 Å². The van der Waals surface area contributed by atoms with Gasteiger partial charge in [-0.2, -0.15) is 0 Å². The molecule has 3 nitrogen and oxygen atoms in total. The van der Waals surface area contributed by atoms with Crippen molar-refractivity contribution < 1.29 is 9.53 Å². The summed E-state index contributed by atoms with van der Waals surface area (Å²) in [6.07, 6.45) is 0.401. The molecule has 1 atom stereocenters. The van der Waals surface area contributed by atoms with Crippen molar-refractivity contribution in [3.8, 4) is 0 Å². The molecule has 1 aromatic rings. The molecule has 15 heavy (non-hydrogen) atoms. The maximum atomic E-state index is 11.3. The van der Waals surface area contributed by atoms with Crippen molar-refractivity contribution in [1.82, 2.24) is 0 Å². The lowest BCUT2D eigenvalue weighted by molar-refractivity contribution is -0.144. The van der Waals surface area contributed by atoms with E-state index in [0.29, 0.717) is 18.1 Å². The molecule has 0 radical (unpaired) electrons. The van der Waals surface area contributed by atoms with Crippen LogP contribution in [0.25, 0.3) is 0 Å². The van der Waals surface area contributed by atoms with Gasteiger partial charge in [0.15, 0.2) is 0 Å². The molecule has 0 aliphatic rings. The minimum Gasteiger partial charge on any atom is -0.465 e. The summed E-state index contributed by atoms with van der Waals surface area (Å²) in [6.45, 7) is 2.09. The molecule has 1 unspecified atom stereocenters. The van der Waals surface area contributed by atoms with E-state index in [4.69, 9.17) is 22.1 Å². The predicted molar refractivity (Wildman–Crippen MR) is 59.8 cm³/mol. The Kier molecular flexibility index (Phi) is 4.59. The van der Waals surface area contributed by atoms with E-state index in [9.17, 15) is 4.79 Å². The summed E-state index contributed by atoms with van der Waals surface area (Å²) in [5.41, 5.74) is 6.53. The van der Waals surface area contributed by atoms with E-state index in [0.717, 1.165) is 5.56 Å². The summed E-state index contributed by atoms with van der Waals surface area (Å²) in [7, 11) is 0. The zero-order valence-electron chi connectivity index (χ0n) is 8.57. The summed E-state index contributed by atoms with van der Waals surface area (Å²) < 4.78 is 4.81. The van der Waals surface area contributed by atoms with E-state index < -0.39 is 12.0 Å². The molecular formula is C11H14ClNO2. The first-order chi connectivity index (χ1) is 7.15. The summed E-state index contributed by atoms with van der Waals surface area (Å²) in [6, 6.07) is 6.67. The van der Waals surface area contributed by atoms with Crippen molar-refractivity contribution in [2.24, 2.45) is 5.73 Å².